The highest BCUT2D eigenvalue weighted by atomic mass is 79.9. The van der Waals surface area contributed by atoms with Gasteiger partial charge in [0.25, 0.3) is 0 Å². The second kappa shape index (κ2) is 16.3. The minimum absolute atomic E-state index is 0.260. The molecule has 116 valence electrons. The van der Waals surface area contributed by atoms with Gasteiger partial charge in [0.2, 0.25) is 0 Å². The van der Waals surface area contributed by atoms with Gasteiger partial charge in [-0.25, -0.2) is 0 Å². The van der Waals surface area contributed by atoms with Crippen LogP contribution in [0.1, 0.15) is 13.8 Å². The van der Waals surface area contributed by atoms with Crippen LogP contribution < -0.4 is 0 Å². The lowest BCUT2D eigenvalue weighted by Gasteiger charge is -2.08. The number of alkyl halides is 1. The lowest BCUT2D eigenvalue weighted by Crippen LogP contribution is -2.14. The van der Waals surface area contributed by atoms with Crippen LogP contribution in [0.4, 0.5) is 0 Å². The maximum atomic E-state index is 5.35. The van der Waals surface area contributed by atoms with Gasteiger partial charge in [-0.2, -0.15) is 0 Å². The van der Waals surface area contributed by atoms with E-state index in [0.29, 0.717) is 52.9 Å². The van der Waals surface area contributed by atoms with E-state index in [2.05, 4.69) is 15.9 Å². The van der Waals surface area contributed by atoms with Crippen molar-refractivity contribution >= 4 is 15.9 Å². The van der Waals surface area contributed by atoms with Crippen molar-refractivity contribution in [1.82, 2.24) is 0 Å². The van der Waals surface area contributed by atoms with Gasteiger partial charge in [-0.3, -0.25) is 0 Å². The fraction of sp³-hybridized carbons (Fsp3) is 1.00. The lowest BCUT2D eigenvalue weighted by atomic mass is 10.5. The second-order valence-electron chi connectivity index (χ2n) is 4.06. The molecular weight excluding hydrogens is 316 g/mol. The van der Waals surface area contributed by atoms with Crippen molar-refractivity contribution in [3.63, 3.8) is 0 Å². The summed E-state index contributed by atoms with van der Waals surface area (Å²) in [5.74, 6) is 0. The predicted molar refractivity (Wildman–Crippen MR) is 78.2 cm³/mol. The first-order chi connectivity index (χ1) is 9.27. The zero-order chi connectivity index (χ0) is 14.2. The molecule has 0 aliphatic carbocycles. The van der Waals surface area contributed by atoms with Crippen LogP contribution in [0.3, 0.4) is 0 Å². The molecule has 0 unspecified atom stereocenters. The fourth-order valence-corrected chi connectivity index (χ4v) is 1.39. The van der Waals surface area contributed by atoms with E-state index < -0.39 is 0 Å². The summed E-state index contributed by atoms with van der Waals surface area (Å²) < 4.78 is 26.6. The van der Waals surface area contributed by atoms with Gasteiger partial charge in [-0.05, 0) is 13.8 Å². The summed E-state index contributed by atoms with van der Waals surface area (Å²) in [5.41, 5.74) is 0. The van der Waals surface area contributed by atoms with Gasteiger partial charge in [0.05, 0.1) is 65.6 Å². The molecule has 19 heavy (non-hydrogen) atoms. The molecule has 0 amide bonds. The van der Waals surface area contributed by atoms with E-state index in [1.807, 2.05) is 13.8 Å². The smallest absolute Gasteiger partial charge is 0.0703 e. The van der Waals surface area contributed by atoms with Crippen molar-refractivity contribution in [2.24, 2.45) is 0 Å². The summed E-state index contributed by atoms with van der Waals surface area (Å²) in [4.78, 5) is 0. The van der Waals surface area contributed by atoms with Crippen LogP contribution in [0.5, 0.6) is 0 Å². The van der Waals surface area contributed by atoms with E-state index in [0.717, 1.165) is 11.9 Å². The molecule has 0 aliphatic heterocycles. The molecule has 0 aromatic heterocycles. The fourth-order valence-electron chi connectivity index (χ4n) is 1.16. The van der Waals surface area contributed by atoms with Crippen LogP contribution in [-0.4, -0.2) is 70.9 Å². The molecule has 0 rings (SSSR count). The van der Waals surface area contributed by atoms with Crippen LogP contribution in [0.25, 0.3) is 0 Å². The Hall–Kier alpha value is 0.280. The van der Waals surface area contributed by atoms with Crippen LogP contribution in [-0.2, 0) is 23.7 Å². The predicted octanol–water partition coefficient (Wildman–Crippen LogP) is 1.87. The first kappa shape index (κ1) is 19.3. The highest BCUT2D eigenvalue weighted by Gasteiger charge is 1.94. The van der Waals surface area contributed by atoms with Crippen molar-refractivity contribution in [2.75, 3.05) is 64.8 Å². The van der Waals surface area contributed by atoms with Gasteiger partial charge in [0, 0.05) is 5.33 Å². The summed E-state index contributed by atoms with van der Waals surface area (Å²) in [6.07, 6.45) is 0.260. The van der Waals surface area contributed by atoms with Crippen molar-refractivity contribution < 1.29 is 23.7 Å². The standard InChI is InChI=1S/C13H27BrO5/c1-13(2)19-12-11-18-10-9-17-8-7-16-6-5-15-4-3-14/h13H,3-12H2,1-2H3. The Labute approximate surface area is 125 Å². The van der Waals surface area contributed by atoms with Crippen LogP contribution in [0.2, 0.25) is 0 Å². The topological polar surface area (TPSA) is 46.2 Å². The van der Waals surface area contributed by atoms with E-state index in [4.69, 9.17) is 23.7 Å². The molecule has 6 heteroatoms. The third-order valence-corrected chi connectivity index (χ3v) is 2.34. The van der Waals surface area contributed by atoms with E-state index in [-0.39, 0.29) is 6.10 Å². The van der Waals surface area contributed by atoms with Gasteiger partial charge >= 0.3 is 0 Å². The average molecular weight is 343 g/mol. The molecule has 0 bridgehead atoms. The molecule has 0 saturated heterocycles. The molecule has 0 atom stereocenters. The van der Waals surface area contributed by atoms with Crippen molar-refractivity contribution in [1.29, 1.82) is 0 Å². The number of rotatable bonds is 15. The highest BCUT2D eigenvalue weighted by Crippen LogP contribution is 1.88. The van der Waals surface area contributed by atoms with Gasteiger partial charge in [-0.1, -0.05) is 15.9 Å². The minimum Gasteiger partial charge on any atom is -0.378 e. The van der Waals surface area contributed by atoms with E-state index >= 15 is 0 Å². The Morgan fingerprint density at radius 3 is 1.37 bits per heavy atom. The van der Waals surface area contributed by atoms with Crippen LogP contribution in [0, 0.1) is 0 Å². The maximum Gasteiger partial charge on any atom is 0.0703 e. The number of halogens is 1. The molecule has 0 fully saturated rings. The van der Waals surface area contributed by atoms with E-state index in [1.54, 1.807) is 0 Å². The third-order valence-electron chi connectivity index (χ3n) is 2.02. The maximum absolute atomic E-state index is 5.35. The largest absolute Gasteiger partial charge is 0.378 e. The molecule has 0 aliphatic rings. The minimum atomic E-state index is 0.260. The molecule has 0 aromatic rings. The van der Waals surface area contributed by atoms with Crippen LogP contribution >= 0.6 is 15.9 Å². The van der Waals surface area contributed by atoms with Gasteiger partial charge in [0.1, 0.15) is 0 Å². The Kier molecular flexibility index (Phi) is 16.6. The highest BCUT2D eigenvalue weighted by molar-refractivity contribution is 9.09. The van der Waals surface area contributed by atoms with E-state index in [1.165, 1.54) is 0 Å². The van der Waals surface area contributed by atoms with E-state index in [9.17, 15) is 0 Å². The molecule has 0 saturated carbocycles. The zero-order valence-corrected chi connectivity index (χ0v) is 13.7. The molecule has 0 spiro atoms. The summed E-state index contributed by atoms with van der Waals surface area (Å²) in [6.45, 7) is 9.58. The van der Waals surface area contributed by atoms with Gasteiger partial charge in [0.15, 0.2) is 0 Å². The molecule has 0 heterocycles. The van der Waals surface area contributed by atoms with Gasteiger partial charge in [-0.15, -0.1) is 0 Å². The zero-order valence-electron chi connectivity index (χ0n) is 12.1. The van der Waals surface area contributed by atoms with Crippen molar-refractivity contribution in [2.45, 2.75) is 20.0 Å². The Balaban J connectivity index is 2.91. The second-order valence-corrected chi connectivity index (χ2v) is 4.85. The SMILES string of the molecule is CC(C)OCCOCCOCCOCCOCCBr. The van der Waals surface area contributed by atoms with Crippen molar-refractivity contribution in [3.05, 3.63) is 0 Å². The normalized spacial score (nSPS) is 11.4. The first-order valence-electron chi connectivity index (χ1n) is 6.76. The van der Waals surface area contributed by atoms with Gasteiger partial charge < -0.3 is 23.7 Å². The first-order valence-corrected chi connectivity index (χ1v) is 7.88. The summed E-state index contributed by atoms with van der Waals surface area (Å²) in [6, 6.07) is 0. The number of hydrogen-bond donors (Lipinski definition) is 0. The lowest BCUT2D eigenvalue weighted by molar-refractivity contribution is -0.0169. The monoisotopic (exact) mass is 342 g/mol. The third kappa shape index (κ3) is 18.3. The average Bonchev–Trinajstić information content (AvgIpc) is 2.39. The summed E-state index contributed by atoms with van der Waals surface area (Å²) in [7, 11) is 0. The Morgan fingerprint density at radius 1 is 0.632 bits per heavy atom. The summed E-state index contributed by atoms with van der Waals surface area (Å²) in [5, 5.41) is 0.859. The molecular formula is C13H27BrO5. The molecule has 0 N–H and O–H groups in total. The van der Waals surface area contributed by atoms with Crippen LogP contribution in [0.15, 0.2) is 0 Å². The number of ether oxygens (including phenoxy) is 5. The molecule has 0 aromatic carbocycles. The van der Waals surface area contributed by atoms with Crippen molar-refractivity contribution in [3.8, 4) is 0 Å². The summed E-state index contributed by atoms with van der Waals surface area (Å²) >= 11 is 3.28. The molecule has 5 nitrogen and oxygen atoms in total. The number of hydrogen-bond acceptors (Lipinski definition) is 5. The molecule has 0 radical (unpaired) electrons. The Morgan fingerprint density at radius 2 is 1.00 bits per heavy atom. The Bertz CT molecular complexity index is 169. The quantitative estimate of drug-likeness (QED) is 0.336.